The van der Waals surface area contributed by atoms with E-state index in [9.17, 15) is 22.8 Å². The number of benzene rings is 1. The van der Waals surface area contributed by atoms with Crippen molar-refractivity contribution in [1.82, 2.24) is 0 Å². The average molecular weight is 398 g/mol. The predicted octanol–water partition coefficient (Wildman–Crippen LogP) is 4.65. The second-order valence-corrected chi connectivity index (χ2v) is 8.48. The Morgan fingerprint density at radius 1 is 1.04 bits per heavy atom. The molecule has 0 N–H and O–H groups in total. The standard InChI is InChI=1S/C20H25F3N2O3/c1-18(2,3)16(26)25(17(27)19(4,5)6)14-8-7-13(9-10-24)15(11-14)28-12-20(21,22)23/h7-8,11H,9,12H2,1-6H3. The van der Waals surface area contributed by atoms with Gasteiger partial charge in [0.2, 0.25) is 11.8 Å². The van der Waals surface area contributed by atoms with E-state index < -0.39 is 35.4 Å². The largest absolute Gasteiger partial charge is 0.484 e. The number of rotatable bonds is 4. The Kier molecular flexibility index (Phi) is 6.89. The molecule has 5 nitrogen and oxygen atoms in total. The van der Waals surface area contributed by atoms with E-state index >= 15 is 0 Å². The number of carbonyl (C=O) groups is 2. The van der Waals surface area contributed by atoms with Crippen LogP contribution in [0.25, 0.3) is 0 Å². The molecule has 2 amide bonds. The lowest BCUT2D eigenvalue weighted by Crippen LogP contribution is -2.48. The van der Waals surface area contributed by atoms with Crippen molar-refractivity contribution >= 4 is 17.5 Å². The summed E-state index contributed by atoms with van der Waals surface area (Å²) in [5, 5.41) is 8.89. The van der Waals surface area contributed by atoms with Gasteiger partial charge >= 0.3 is 6.18 Å². The fourth-order valence-electron chi connectivity index (χ4n) is 2.21. The number of amides is 2. The summed E-state index contributed by atoms with van der Waals surface area (Å²) in [6.07, 6.45) is -4.74. The molecule has 0 aliphatic rings. The fourth-order valence-corrected chi connectivity index (χ4v) is 2.21. The minimum absolute atomic E-state index is 0.0960. The molecule has 8 heteroatoms. The van der Waals surface area contributed by atoms with Gasteiger partial charge in [0.15, 0.2) is 6.61 Å². The van der Waals surface area contributed by atoms with Gasteiger partial charge in [-0.05, 0) is 6.07 Å². The van der Waals surface area contributed by atoms with Gasteiger partial charge in [-0.25, -0.2) is 4.90 Å². The van der Waals surface area contributed by atoms with Crippen molar-refractivity contribution in [3.05, 3.63) is 23.8 Å². The van der Waals surface area contributed by atoms with E-state index in [0.29, 0.717) is 0 Å². The minimum Gasteiger partial charge on any atom is -0.484 e. The van der Waals surface area contributed by atoms with Crippen LogP contribution in [0, 0.1) is 22.2 Å². The summed E-state index contributed by atoms with van der Waals surface area (Å²) < 4.78 is 42.6. The third-order valence-corrected chi connectivity index (χ3v) is 3.66. The number of nitrogens with zero attached hydrogens (tertiary/aromatic N) is 2. The molecular formula is C20H25F3N2O3. The number of anilines is 1. The highest BCUT2D eigenvalue weighted by molar-refractivity contribution is 6.17. The van der Waals surface area contributed by atoms with Gasteiger partial charge in [0.25, 0.3) is 0 Å². The van der Waals surface area contributed by atoms with Crippen molar-refractivity contribution in [3.8, 4) is 11.8 Å². The molecule has 0 bridgehead atoms. The number of carbonyl (C=O) groups excluding carboxylic acids is 2. The summed E-state index contributed by atoms with van der Waals surface area (Å²) in [6, 6.07) is 5.88. The Morgan fingerprint density at radius 3 is 1.93 bits per heavy atom. The second kappa shape index (κ2) is 8.21. The number of halogens is 3. The SMILES string of the molecule is CC(C)(C)C(=O)N(C(=O)C(C)(C)C)c1ccc(CC#N)c(OCC(F)(F)F)c1. The van der Waals surface area contributed by atoms with Gasteiger partial charge in [-0.1, -0.05) is 47.6 Å². The first-order chi connectivity index (χ1) is 12.6. The maximum Gasteiger partial charge on any atom is 0.422 e. The van der Waals surface area contributed by atoms with Gasteiger partial charge in [-0.2, -0.15) is 18.4 Å². The van der Waals surface area contributed by atoms with E-state index in [1.807, 2.05) is 6.07 Å². The molecule has 0 atom stereocenters. The van der Waals surface area contributed by atoms with E-state index in [1.54, 1.807) is 41.5 Å². The third-order valence-electron chi connectivity index (χ3n) is 3.66. The highest BCUT2D eigenvalue weighted by Gasteiger charge is 2.38. The number of hydrogen-bond acceptors (Lipinski definition) is 4. The highest BCUT2D eigenvalue weighted by atomic mass is 19.4. The van der Waals surface area contributed by atoms with Crippen LogP contribution in [0.3, 0.4) is 0 Å². The summed E-state index contributed by atoms with van der Waals surface area (Å²) in [4.78, 5) is 26.8. The molecule has 28 heavy (non-hydrogen) atoms. The zero-order valence-corrected chi connectivity index (χ0v) is 16.9. The molecule has 1 aromatic carbocycles. The van der Waals surface area contributed by atoms with Crippen LogP contribution in [0.2, 0.25) is 0 Å². The zero-order valence-electron chi connectivity index (χ0n) is 16.9. The van der Waals surface area contributed by atoms with Gasteiger partial charge in [0.05, 0.1) is 18.2 Å². The van der Waals surface area contributed by atoms with Crippen LogP contribution >= 0.6 is 0 Å². The number of nitriles is 1. The summed E-state index contributed by atoms with van der Waals surface area (Å²) in [7, 11) is 0. The molecule has 1 aromatic rings. The molecule has 154 valence electrons. The first-order valence-corrected chi connectivity index (χ1v) is 8.66. The first-order valence-electron chi connectivity index (χ1n) is 8.66. The van der Waals surface area contributed by atoms with Crippen molar-refractivity contribution in [2.45, 2.75) is 54.1 Å². The average Bonchev–Trinajstić information content (AvgIpc) is 2.52. The molecule has 0 saturated heterocycles. The molecule has 0 aliphatic heterocycles. The van der Waals surface area contributed by atoms with Crippen molar-refractivity contribution in [1.29, 1.82) is 5.26 Å². The maximum atomic E-state index is 12.9. The van der Waals surface area contributed by atoms with E-state index in [2.05, 4.69) is 0 Å². The molecule has 0 radical (unpaired) electrons. The highest BCUT2D eigenvalue weighted by Crippen LogP contribution is 2.33. The molecule has 0 spiro atoms. The van der Waals surface area contributed by atoms with Gasteiger partial charge in [0, 0.05) is 22.5 Å². The topological polar surface area (TPSA) is 70.4 Å². The van der Waals surface area contributed by atoms with Crippen LogP contribution < -0.4 is 9.64 Å². The lowest BCUT2D eigenvalue weighted by Gasteiger charge is -2.33. The monoisotopic (exact) mass is 398 g/mol. The summed E-state index contributed by atoms with van der Waals surface area (Å²) in [6.45, 7) is 8.31. The normalized spacial score (nSPS) is 12.3. The van der Waals surface area contributed by atoms with Crippen molar-refractivity contribution in [3.63, 3.8) is 0 Å². The molecule has 0 heterocycles. The van der Waals surface area contributed by atoms with Crippen LogP contribution in [-0.2, 0) is 16.0 Å². The molecule has 0 unspecified atom stereocenters. The van der Waals surface area contributed by atoms with Crippen molar-refractivity contribution in [2.24, 2.45) is 10.8 Å². The number of ether oxygens (including phenoxy) is 1. The van der Waals surface area contributed by atoms with E-state index in [1.165, 1.54) is 18.2 Å². The third kappa shape index (κ3) is 6.25. The molecule has 0 aliphatic carbocycles. The lowest BCUT2D eigenvalue weighted by atomic mass is 9.90. The number of imide groups is 1. The smallest absolute Gasteiger partial charge is 0.422 e. The minimum atomic E-state index is -4.57. The van der Waals surface area contributed by atoms with Crippen LogP contribution in [-0.4, -0.2) is 24.6 Å². The van der Waals surface area contributed by atoms with Gasteiger partial charge < -0.3 is 4.74 Å². The molecule has 1 rings (SSSR count). The van der Waals surface area contributed by atoms with Gasteiger partial charge in [0.1, 0.15) is 5.75 Å². The Hall–Kier alpha value is -2.56. The molecule has 0 saturated carbocycles. The zero-order chi connectivity index (χ0) is 21.9. The Balaban J connectivity index is 3.50. The van der Waals surface area contributed by atoms with Crippen LogP contribution in [0.5, 0.6) is 5.75 Å². The number of alkyl halides is 3. The molecular weight excluding hydrogens is 373 g/mol. The fraction of sp³-hybridized carbons (Fsp3) is 0.550. The summed E-state index contributed by atoms with van der Waals surface area (Å²) in [5.41, 5.74) is -1.47. The lowest BCUT2D eigenvalue weighted by molar-refractivity contribution is -0.153. The first kappa shape index (κ1) is 23.5. The Morgan fingerprint density at radius 2 is 1.54 bits per heavy atom. The van der Waals surface area contributed by atoms with E-state index in [4.69, 9.17) is 10.00 Å². The van der Waals surface area contributed by atoms with Gasteiger partial charge in [-0.3, -0.25) is 9.59 Å². The van der Waals surface area contributed by atoms with Crippen molar-refractivity contribution in [2.75, 3.05) is 11.5 Å². The van der Waals surface area contributed by atoms with Crippen LogP contribution in [0.1, 0.15) is 47.1 Å². The van der Waals surface area contributed by atoms with Crippen LogP contribution in [0.4, 0.5) is 18.9 Å². The van der Waals surface area contributed by atoms with Gasteiger partial charge in [-0.15, -0.1) is 0 Å². The van der Waals surface area contributed by atoms with E-state index in [0.717, 1.165) is 4.90 Å². The van der Waals surface area contributed by atoms with E-state index in [-0.39, 0.29) is 23.4 Å². The summed E-state index contributed by atoms with van der Waals surface area (Å²) in [5.74, 6) is -1.19. The second-order valence-electron chi connectivity index (χ2n) is 8.48. The predicted molar refractivity (Wildman–Crippen MR) is 98.7 cm³/mol. The molecule has 0 fully saturated rings. The Bertz CT molecular complexity index is 756. The maximum absolute atomic E-state index is 12.9. The van der Waals surface area contributed by atoms with Crippen molar-refractivity contribution < 1.29 is 27.5 Å². The Labute approximate surface area is 163 Å². The molecule has 0 aromatic heterocycles. The van der Waals surface area contributed by atoms with Crippen LogP contribution in [0.15, 0.2) is 18.2 Å². The summed E-state index contributed by atoms with van der Waals surface area (Å²) >= 11 is 0. The quantitative estimate of drug-likeness (QED) is 0.740. The number of hydrogen-bond donors (Lipinski definition) is 0.